The van der Waals surface area contributed by atoms with Gasteiger partial charge in [0.25, 0.3) is 0 Å². The van der Waals surface area contributed by atoms with Crippen LogP contribution in [0.15, 0.2) is 57.9 Å². The molecule has 1 N–H and O–H groups in total. The summed E-state index contributed by atoms with van der Waals surface area (Å²) in [5.74, 6) is -0.476. The number of amides is 1. The van der Waals surface area contributed by atoms with Gasteiger partial charge in [-0.25, -0.2) is 17.5 Å². The van der Waals surface area contributed by atoms with E-state index in [2.05, 4.69) is 20.7 Å². The molecule has 27 heavy (non-hydrogen) atoms. The number of carbonyl (C=O) groups excluding carboxylic acids is 1. The number of rotatable bonds is 8. The molecule has 0 heterocycles. The van der Waals surface area contributed by atoms with Gasteiger partial charge in [0.15, 0.2) is 0 Å². The Hall–Kier alpha value is -1.77. The Morgan fingerprint density at radius 2 is 1.93 bits per heavy atom. The molecule has 0 aromatic heterocycles. The highest BCUT2D eigenvalue weighted by Crippen LogP contribution is 2.29. The topological polar surface area (TPSA) is 66.5 Å². The Morgan fingerprint density at radius 1 is 1.19 bits per heavy atom. The fraction of sp³-hybridized carbons (Fsp3) is 0.316. The average Bonchev–Trinajstić information content (AvgIpc) is 3.44. The van der Waals surface area contributed by atoms with E-state index in [-0.39, 0.29) is 35.6 Å². The van der Waals surface area contributed by atoms with E-state index < -0.39 is 10.0 Å². The molecule has 3 rings (SSSR count). The maximum absolute atomic E-state index is 13.4. The molecule has 0 saturated heterocycles. The number of hydrogen-bond acceptors (Lipinski definition) is 3. The van der Waals surface area contributed by atoms with Crippen LogP contribution in [0.1, 0.15) is 24.8 Å². The van der Waals surface area contributed by atoms with Crippen molar-refractivity contribution in [3.63, 3.8) is 0 Å². The van der Waals surface area contributed by atoms with E-state index >= 15 is 0 Å². The standard InChI is InChI=1S/C19H20BrFN2O3S/c20-15-4-2-6-18(12-15)27(25,26)22-10-9-19(24)23(17-7-8-17)13-14-3-1-5-16(21)11-14/h1-6,11-12,17,22H,7-10,13H2. The summed E-state index contributed by atoms with van der Waals surface area (Å²) in [7, 11) is -3.67. The van der Waals surface area contributed by atoms with Gasteiger partial charge in [0.1, 0.15) is 5.82 Å². The lowest BCUT2D eigenvalue weighted by molar-refractivity contribution is -0.132. The predicted molar refractivity (Wildman–Crippen MR) is 104 cm³/mol. The van der Waals surface area contributed by atoms with Crippen molar-refractivity contribution >= 4 is 31.9 Å². The zero-order chi connectivity index (χ0) is 19.4. The minimum Gasteiger partial charge on any atom is -0.335 e. The number of halogens is 2. The maximum atomic E-state index is 13.4. The van der Waals surface area contributed by atoms with Crippen LogP contribution in [0.5, 0.6) is 0 Å². The summed E-state index contributed by atoms with van der Waals surface area (Å²) in [5.41, 5.74) is 0.727. The van der Waals surface area contributed by atoms with Crippen molar-refractivity contribution in [3.05, 3.63) is 64.4 Å². The van der Waals surface area contributed by atoms with Crippen LogP contribution in [-0.2, 0) is 21.4 Å². The number of nitrogens with zero attached hydrogens (tertiary/aromatic N) is 1. The average molecular weight is 455 g/mol. The van der Waals surface area contributed by atoms with Gasteiger partial charge in [-0.15, -0.1) is 0 Å². The number of benzene rings is 2. The minimum absolute atomic E-state index is 0.0139. The van der Waals surface area contributed by atoms with Crippen LogP contribution in [0.2, 0.25) is 0 Å². The third-order valence-electron chi connectivity index (χ3n) is 4.29. The lowest BCUT2D eigenvalue weighted by atomic mass is 10.2. The third kappa shape index (κ3) is 5.60. The largest absolute Gasteiger partial charge is 0.335 e. The highest BCUT2D eigenvalue weighted by atomic mass is 79.9. The van der Waals surface area contributed by atoms with Gasteiger partial charge in [0.2, 0.25) is 15.9 Å². The Kier molecular flexibility index (Phi) is 6.29. The third-order valence-corrected chi connectivity index (χ3v) is 6.24. The maximum Gasteiger partial charge on any atom is 0.240 e. The molecule has 1 aliphatic carbocycles. The van der Waals surface area contributed by atoms with Crippen molar-refractivity contribution in [1.82, 2.24) is 9.62 Å². The molecule has 1 fully saturated rings. The van der Waals surface area contributed by atoms with Gasteiger partial charge >= 0.3 is 0 Å². The fourth-order valence-electron chi connectivity index (χ4n) is 2.79. The summed E-state index contributed by atoms with van der Waals surface area (Å²) in [5, 5.41) is 0. The number of carbonyl (C=O) groups is 1. The Balaban J connectivity index is 1.58. The summed E-state index contributed by atoms with van der Waals surface area (Å²) < 4.78 is 41.1. The SMILES string of the molecule is O=C(CCNS(=O)(=O)c1cccc(Br)c1)N(Cc1cccc(F)c1)C1CC1. The molecule has 8 heteroatoms. The van der Waals surface area contributed by atoms with Crippen LogP contribution in [-0.4, -0.2) is 31.8 Å². The second-order valence-electron chi connectivity index (χ2n) is 6.49. The highest BCUT2D eigenvalue weighted by Gasteiger charge is 2.32. The summed E-state index contributed by atoms with van der Waals surface area (Å²) in [6, 6.07) is 12.7. The molecule has 0 radical (unpaired) electrons. The Morgan fingerprint density at radius 3 is 2.59 bits per heavy atom. The van der Waals surface area contributed by atoms with Crippen LogP contribution in [0.25, 0.3) is 0 Å². The molecule has 0 bridgehead atoms. The molecule has 0 unspecified atom stereocenters. The first-order valence-corrected chi connectivity index (χ1v) is 10.9. The molecule has 5 nitrogen and oxygen atoms in total. The number of nitrogens with one attached hydrogen (secondary N) is 1. The second kappa shape index (κ2) is 8.50. The van der Waals surface area contributed by atoms with Gasteiger partial charge in [0.05, 0.1) is 4.90 Å². The first kappa shape index (κ1) is 20.0. The van der Waals surface area contributed by atoms with Gasteiger partial charge in [-0.1, -0.05) is 34.1 Å². The summed E-state index contributed by atoms with van der Waals surface area (Å²) in [6.07, 6.45) is 1.90. The molecule has 1 amide bonds. The molecule has 2 aromatic carbocycles. The summed E-state index contributed by atoms with van der Waals surface area (Å²) in [4.78, 5) is 14.4. The Bertz CT molecular complexity index is 932. The monoisotopic (exact) mass is 454 g/mol. The van der Waals surface area contributed by atoms with Gasteiger partial charge in [-0.2, -0.15) is 0 Å². The molecule has 0 aliphatic heterocycles. The van der Waals surface area contributed by atoms with E-state index in [1.807, 2.05) is 0 Å². The summed E-state index contributed by atoms with van der Waals surface area (Å²) in [6.45, 7) is 0.347. The first-order chi connectivity index (χ1) is 12.8. The lowest BCUT2D eigenvalue weighted by Crippen LogP contribution is -2.35. The van der Waals surface area contributed by atoms with E-state index in [1.165, 1.54) is 24.3 Å². The van der Waals surface area contributed by atoms with Crippen molar-refractivity contribution < 1.29 is 17.6 Å². The molecule has 1 saturated carbocycles. The first-order valence-electron chi connectivity index (χ1n) is 8.64. The predicted octanol–water partition coefficient (Wildman–Crippen LogP) is 3.45. The van der Waals surface area contributed by atoms with Gasteiger partial charge in [-0.05, 0) is 48.7 Å². The van der Waals surface area contributed by atoms with Crippen molar-refractivity contribution in [1.29, 1.82) is 0 Å². The Labute approximate surface area is 166 Å². The normalized spacial score (nSPS) is 14.1. The van der Waals surface area contributed by atoms with Crippen LogP contribution >= 0.6 is 15.9 Å². The van der Waals surface area contributed by atoms with E-state index in [1.54, 1.807) is 29.2 Å². The van der Waals surface area contributed by atoms with Gasteiger partial charge in [-0.3, -0.25) is 4.79 Å². The molecule has 144 valence electrons. The van der Waals surface area contributed by atoms with Gasteiger partial charge in [0, 0.05) is 30.0 Å². The van der Waals surface area contributed by atoms with Crippen LogP contribution < -0.4 is 4.72 Å². The van der Waals surface area contributed by atoms with Crippen LogP contribution in [0, 0.1) is 5.82 Å². The molecule has 1 aliphatic rings. The smallest absolute Gasteiger partial charge is 0.240 e. The molecule has 0 atom stereocenters. The van der Waals surface area contributed by atoms with E-state index in [0.717, 1.165) is 18.4 Å². The second-order valence-corrected chi connectivity index (χ2v) is 9.17. The highest BCUT2D eigenvalue weighted by molar-refractivity contribution is 9.10. The quantitative estimate of drug-likeness (QED) is 0.663. The van der Waals surface area contributed by atoms with E-state index in [4.69, 9.17) is 0 Å². The minimum atomic E-state index is -3.67. The molecular formula is C19H20BrFN2O3S. The van der Waals surface area contributed by atoms with Crippen molar-refractivity contribution in [2.75, 3.05) is 6.54 Å². The van der Waals surface area contributed by atoms with Crippen molar-refractivity contribution in [2.24, 2.45) is 0 Å². The van der Waals surface area contributed by atoms with E-state index in [9.17, 15) is 17.6 Å². The van der Waals surface area contributed by atoms with Crippen molar-refractivity contribution in [2.45, 2.75) is 36.7 Å². The molecule has 2 aromatic rings. The number of sulfonamides is 1. The lowest BCUT2D eigenvalue weighted by Gasteiger charge is -2.23. The number of hydrogen-bond donors (Lipinski definition) is 1. The molecular weight excluding hydrogens is 435 g/mol. The van der Waals surface area contributed by atoms with E-state index in [0.29, 0.717) is 11.0 Å². The van der Waals surface area contributed by atoms with Crippen molar-refractivity contribution in [3.8, 4) is 0 Å². The summed E-state index contributed by atoms with van der Waals surface area (Å²) >= 11 is 3.24. The zero-order valence-electron chi connectivity index (χ0n) is 14.6. The fourth-order valence-corrected chi connectivity index (χ4v) is 4.42. The molecule has 0 spiro atoms. The van der Waals surface area contributed by atoms with Crippen LogP contribution in [0.3, 0.4) is 0 Å². The van der Waals surface area contributed by atoms with Gasteiger partial charge < -0.3 is 4.90 Å². The van der Waals surface area contributed by atoms with Crippen LogP contribution in [0.4, 0.5) is 4.39 Å². The zero-order valence-corrected chi connectivity index (χ0v) is 17.0.